The Morgan fingerprint density at radius 3 is 2.84 bits per heavy atom. The molecular formula is C18H21ClIN3O2. The molecule has 25 heavy (non-hydrogen) atoms. The largest absolute Gasteiger partial charge is 0.493 e. The molecule has 7 heteroatoms. The molecule has 1 heterocycles. The second kappa shape index (κ2) is 9.72. The van der Waals surface area contributed by atoms with Gasteiger partial charge in [-0.05, 0) is 18.2 Å². The van der Waals surface area contributed by atoms with Crippen molar-refractivity contribution in [3.05, 3.63) is 59.1 Å². The number of nitrogens with one attached hydrogen (secondary N) is 1. The molecule has 2 aromatic rings. The first-order valence-corrected chi connectivity index (χ1v) is 8.27. The molecule has 1 aliphatic heterocycles. The average molecular weight is 474 g/mol. The van der Waals surface area contributed by atoms with E-state index < -0.39 is 0 Å². The Morgan fingerprint density at radius 1 is 1.24 bits per heavy atom. The minimum Gasteiger partial charge on any atom is -0.493 e. The molecular weight excluding hydrogens is 453 g/mol. The van der Waals surface area contributed by atoms with Crippen LogP contribution in [0.5, 0.6) is 11.5 Å². The Hall–Kier alpha value is -1.67. The summed E-state index contributed by atoms with van der Waals surface area (Å²) in [5, 5.41) is 3.84. The summed E-state index contributed by atoms with van der Waals surface area (Å²) in [5.41, 5.74) is 7.09. The van der Waals surface area contributed by atoms with Crippen LogP contribution in [0.3, 0.4) is 0 Å². The fraction of sp³-hybridized carbons (Fsp3) is 0.278. The van der Waals surface area contributed by atoms with Crippen molar-refractivity contribution in [1.29, 1.82) is 0 Å². The van der Waals surface area contributed by atoms with E-state index in [0.29, 0.717) is 36.5 Å². The predicted molar refractivity (Wildman–Crippen MR) is 111 cm³/mol. The molecule has 1 atom stereocenters. The zero-order chi connectivity index (χ0) is 16.8. The van der Waals surface area contributed by atoms with Crippen LogP contribution in [0.1, 0.15) is 18.0 Å². The molecule has 5 nitrogen and oxygen atoms in total. The van der Waals surface area contributed by atoms with Crippen molar-refractivity contribution in [2.24, 2.45) is 10.7 Å². The van der Waals surface area contributed by atoms with Gasteiger partial charge >= 0.3 is 0 Å². The van der Waals surface area contributed by atoms with Crippen LogP contribution in [-0.4, -0.2) is 25.7 Å². The van der Waals surface area contributed by atoms with Gasteiger partial charge in [-0.3, -0.25) is 0 Å². The third-order valence-corrected chi connectivity index (χ3v) is 4.06. The number of nitrogens with two attached hydrogens (primary N) is 1. The maximum absolute atomic E-state index is 6.03. The minimum atomic E-state index is 0. The highest BCUT2D eigenvalue weighted by Crippen LogP contribution is 2.31. The van der Waals surface area contributed by atoms with E-state index in [1.54, 1.807) is 6.07 Å². The smallest absolute Gasteiger partial charge is 0.189 e. The Balaban J connectivity index is 0.00000225. The fourth-order valence-corrected chi connectivity index (χ4v) is 2.79. The molecule has 2 aromatic carbocycles. The van der Waals surface area contributed by atoms with Gasteiger partial charge < -0.3 is 20.5 Å². The maximum atomic E-state index is 6.03. The number of fused-ring (bicyclic) bond motifs is 1. The van der Waals surface area contributed by atoms with Gasteiger partial charge in [0.1, 0.15) is 18.1 Å². The third-order valence-electron chi connectivity index (χ3n) is 3.75. The molecule has 0 fully saturated rings. The van der Waals surface area contributed by atoms with Crippen molar-refractivity contribution >= 4 is 41.5 Å². The van der Waals surface area contributed by atoms with E-state index in [9.17, 15) is 0 Å². The van der Waals surface area contributed by atoms with Crippen LogP contribution in [0.15, 0.2) is 53.5 Å². The van der Waals surface area contributed by atoms with Crippen LogP contribution >= 0.6 is 35.6 Å². The summed E-state index contributed by atoms with van der Waals surface area (Å²) >= 11 is 6.03. The lowest BCUT2D eigenvalue weighted by molar-refractivity contribution is 0.262. The molecule has 0 aromatic heterocycles. The number of halogens is 2. The highest BCUT2D eigenvalue weighted by atomic mass is 127. The van der Waals surface area contributed by atoms with Gasteiger partial charge in [0.05, 0.1) is 24.2 Å². The first kappa shape index (κ1) is 19.7. The van der Waals surface area contributed by atoms with E-state index in [4.69, 9.17) is 26.8 Å². The predicted octanol–water partition coefficient (Wildman–Crippen LogP) is 3.76. The Labute approximate surface area is 169 Å². The van der Waals surface area contributed by atoms with Crippen LogP contribution in [0.4, 0.5) is 0 Å². The molecule has 1 aliphatic rings. The third kappa shape index (κ3) is 5.40. The summed E-state index contributed by atoms with van der Waals surface area (Å²) in [6.45, 7) is 1.53. The number of hydrogen-bond acceptors (Lipinski definition) is 3. The van der Waals surface area contributed by atoms with Crippen molar-refractivity contribution in [1.82, 2.24) is 5.32 Å². The van der Waals surface area contributed by atoms with Crippen LogP contribution in [-0.2, 0) is 0 Å². The Kier molecular flexibility index (Phi) is 7.64. The summed E-state index contributed by atoms with van der Waals surface area (Å²) in [7, 11) is 0. The van der Waals surface area contributed by atoms with Gasteiger partial charge in [-0.1, -0.05) is 41.9 Å². The number of ether oxygens (including phenoxy) is 2. The molecule has 0 radical (unpaired) electrons. The molecule has 3 rings (SSSR count). The normalized spacial score (nSPS) is 16.2. The van der Waals surface area contributed by atoms with E-state index in [1.807, 2.05) is 42.5 Å². The number of benzene rings is 2. The second-order valence-electron chi connectivity index (χ2n) is 5.42. The quantitative estimate of drug-likeness (QED) is 0.300. The van der Waals surface area contributed by atoms with Gasteiger partial charge in [0, 0.05) is 12.0 Å². The lowest BCUT2D eigenvalue weighted by Gasteiger charge is -2.26. The number of nitrogens with zero attached hydrogens (tertiary/aromatic N) is 1. The standard InChI is InChI=1S/C18H20ClN3O2.HI/c19-14-6-2-4-8-17(14)24-12-10-21-18(20)22-15-9-11-23-16-7-3-1-5-13(15)16;/h1-8,15H,9-12H2,(H3,20,21,22);1H. The van der Waals surface area contributed by atoms with E-state index in [0.717, 1.165) is 17.7 Å². The minimum absolute atomic E-state index is 0. The van der Waals surface area contributed by atoms with Crippen LogP contribution in [0.2, 0.25) is 5.02 Å². The van der Waals surface area contributed by atoms with Crippen LogP contribution < -0.4 is 20.5 Å². The molecule has 0 spiro atoms. The van der Waals surface area contributed by atoms with Gasteiger partial charge in [-0.25, -0.2) is 4.99 Å². The fourth-order valence-electron chi connectivity index (χ4n) is 2.60. The summed E-state index contributed by atoms with van der Waals surface area (Å²) in [5.74, 6) is 1.95. The molecule has 0 amide bonds. The first-order chi connectivity index (χ1) is 11.7. The summed E-state index contributed by atoms with van der Waals surface area (Å²) in [6, 6.07) is 15.4. The molecule has 0 aliphatic carbocycles. The molecule has 1 unspecified atom stereocenters. The second-order valence-corrected chi connectivity index (χ2v) is 5.82. The summed E-state index contributed by atoms with van der Waals surface area (Å²) < 4.78 is 11.2. The Bertz CT molecular complexity index is 727. The topological polar surface area (TPSA) is 68.9 Å². The lowest BCUT2D eigenvalue weighted by Crippen LogP contribution is -2.37. The first-order valence-electron chi connectivity index (χ1n) is 7.89. The zero-order valence-corrected chi connectivity index (χ0v) is 16.7. The average Bonchev–Trinajstić information content (AvgIpc) is 2.60. The number of rotatable bonds is 5. The maximum Gasteiger partial charge on any atom is 0.189 e. The monoisotopic (exact) mass is 473 g/mol. The number of guanidine groups is 1. The lowest BCUT2D eigenvalue weighted by atomic mass is 10.0. The molecule has 0 saturated heterocycles. The van der Waals surface area contributed by atoms with E-state index in [2.05, 4.69) is 10.3 Å². The van der Waals surface area contributed by atoms with Crippen molar-refractivity contribution in [2.45, 2.75) is 12.5 Å². The number of hydrogen-bond donors (Lipinski definition) is 2. The molecule has 134 valence electrons. The summed E-state index contributed by atoms with van der Waals surface area (Å²) in [6.07, 6.45) is 0.851. The molecule has 3 N–H and O–H groups in total. The van der Waals surface area contributed by atoms with Gasteiger partial charge in [0.25, 0.3) is 0 Å². The van der Waals surface area contributed by atoms with Crippen molar-refractivity contribution < 1.29 is 9.47 Å². The van der Waals surface area contributed by atoms with E-state index >= 15 is 0 Å². The highest BCUT2D eigenvalue weighted by molar-refractivity contribution is 14.0. The molecule has 0 saturated carbocycles. The van der Waals surface area contributed by atoms with Gasteiger partial charge in [-0.15, -0.1) is 24.0 Å². The highest BCUT2D eigenvalue weighted by Gasteiger charge is 2.21. The zero-order valence-electron chi connectivity index (χ0n) is 13.7. The van der Waals surface area contributed by atoms with Gasteiger partial charge in [-0.2, -0.15) is 0 Å². The Morgan fingerprint density at radius 2 is 2.00 bits per heavy atom. The van der Waals surface area contributed by atoms with Crippen molar-refractivity contribution in [2.75, 3.05) is 19.8 Å². The van der Waals surface area contributed by atoms with Crippen molar-refractivity contribution in [3.63, 3.8) is 0 Å². The van der Waals surface area contributed by atoms with Crippen LogP contribution in [0.25, 0.3) is 0 Å². The number of para-hydroxylation sites is 2. The van der Waals surface area contributed by atoms with Gasteiger partial charge in [0.2, 0.25) is 0 Å². The van der Waals surface area contributed by atoms with E-state index in [-0.39, 0.29) is 30.0 Å². The number of aliphatic imine (C=N–C) groups is 1. The van der Waals surface area contributed by atoms with Gasteiger partial charge in [0.15, 0.2) is 5.96 Å². The van der Waals surface area contributed by atoms with Crippen LogP contribution in [0, 0.1) is 0 Å². The molecule has 0 bridgehead atoms. The summed E-state index contributed by atoms with van der Waals surface area (Å²) in [4.78, 5) is 4.31. The van der Waals surface area contributed by atoms with Crippen molar-refractivity contribution in [3.8, 4) is 11.5 Å². The van der Waals surface area contributed by atoms with E-state index in [1.165, 1.54) is 0 Å². The SMILES string of the molecule is I.NC(=NCCOc1ccccc1Cl)NC1CCOc2ccccc21.